The third kappa shape index (κ3) is 4.13. The molecule has 0 unspecified atom stereocenters. The number of aryl methyl sites for hydroxylation is 1. The zero-order valence-corrected chi connectivity index (χ0v) is 19.5. The first-order chi connectivity index (χ1) is 15.5. The van der Waals surface area contributed by atoms with Gasteiger partial charge >= 0.3 is 0 Å². The fraction of sp³-hybridized carbons (Fsp3) is 0.160. The number of hydrogen-bond acceptors (Lipinski definition) is 5. The Labute approximate surface area is 198 Å². The third-order valence-corrected chi connectivity index (χ3v) is 6.00. The predicted octanol–water partition coefficient (Wildman–Crippen LogP) is 6.47. The van der Waals surface area contributed by atoms with Crippen molar-refractivity contribution in [2.24, 2.45) is 0 Å². The molecular weight excluding hydrogens is 496 g/mol. The van der Waals surface area contributed by atoms with Crippen molar-refractivity contribution >= 4 is 39.4 Å². The normalized spacial score (nSPS) is 15.7. The van der Waals surface area contributed by atoms with Crippen LogP contribution < -0.4 is 14.2 Å². The number of halogens is 2. The van der Waals surface area contributed by atoms with Crippen LogP contribution in [0.25, 0.3) is 6.08 Å². The van der Waals surface area contributed by atoms with Crippen molar-refractivity contribution in [1.29, 1.82) is 0 Å². The number of allylic oxidation sites excluding steroid dienone is 1. The summed E-state index contributed by atoms with van der Waals surface area (Å²) in [6.45, 7) is 2.78. The van der Waals surface area contributed by atoms with Crippen LogP contribution in [0, 0.1) is 6.92 Å². The van der Waals surface area contributed by atoms with Gasteiger partial charge in [0.1, 0.15) is 23.9 Å². The lowest BCUT2D eigenvalue weighted by Crippen LogP contribution is -2.14. The van der Waals surface area contributed by atoms with Crippen LogP contribution in [0.2, 0.25) is 5.02 Å². The second-order valence-corrected chi connectivity index (χ2v) is 8.91. The summed E-state index contributed by atoms with van der Waals surface area (Å²) in [4.78, 5) is 12.9. The Balaban J connectivity index is 1.38. The van der Waals surface area contributed by atoms with E-state index >= 15 is 0 Å². The van der Waals surface area contributed by atoms with E-state index in [0.29, 0.717) is 34.5 Å². The molecule has 2 aliphatic heterocycles. The standard InChI is InChI=1S/C25H18BrClO5/c1-14-6-20(30-12-17-9-19(27)8-16-11-29-13-31-25(16)17)10-21-23(14)24(28)22(32-21)7-15-2-4-18(26)5-3-15/h2-10H,11-13H2,1H3/b22-7-. The van der Waals surface area contributed by atoms with Crippen LogP contribution in [0.3, 0.4) is 0 Å². The highest BCUT2D eigenvalue weighted by Gasteiger charge is 2.30. The van der Waals surface area contributed by atoms with Crippen LogP contribution >= 0.6 is 27.5 Å². The average molecular weight is 514 g/mol. The summed E-state index contributed by atoms with van der Waals surface area (Å²) in [5.74, 6) is 1.99. The van der Waals surface area contributed by atoms with Gasteiger partial charge in [0, 0.05) is 26.7 Å². The second-order valence-electron chi connectivity index (χ2n) is 7.56. The van der Waals surface area contributed by atoms with Crippen LogP contribution in [-0.4, -0.2) is 12.6 Å². The maximum absolute atomic E-state index is 12.9. The summed E-state index contributed by atoms with van der Waals surface area (Å²) in [5, 5.41) is 0.596. The van der Waals surface area contributed by atoms with Gasteiger partial charge in [0.15, 0.2) is 12.6 Å². The SMILES string of the molecule is Cc1cc(OCc2cc(Cl)cc3c2OCOC3)cc2c1C(=O)/C(=C/c1ccc(Br)cc1)O2. The quantitative estimate of drug-likeness (QED) is 0.374. The van der Waals surface area contributed by atoms with Crippen molar-refractivity contribution in [2.75, 3.05) is 6.79 Å². The Morgan fingerprint density at radius 1 is 1.16 bits per heavy atom. The molecule has 5 rings (SSSR count). The average Bonchev–Trinajstić information content (AvgIpc) is 3.09. The molecule has 3 aromatic carbocycles. The minimum absolute atomic E-state index is 0.135. The number of benzene rings is 3. The summed E-state index contributed by atoms with van der Waals surface area (Å²) in [6.07, 6.45) is 1.74. The zero-order valence-electron chi connectivity index (χ0n) is 17.1. The number of fused-ring (bicyclic) bond motifs is 2. The fourth-order valence-electron chi connectivity index (χ4n) is 3.80. The van der Waals surface area contributed by atoms with E-state index in [0.717, 1.165) is 32.5 Å². The number of ether oxygens (including phenoxy) is 4. The number of carbonyl (C=O) groups is 1. The Hall–Kier alpha value is -2.80. The van der Waals surface area contributed by atoms with Gasteiger partial charge in [-0.05, 0) is 54.5 Å². The summed E-state index contributed by atoms with van der Waals surface area (Å²) < 4.78 is 23.9. The summed E-state index contributed by atoms with van der Waals surface area (Å²) >= 11 is 9.65. The van der Waals surface area contributed by atoms with E-state index in [1.54, 1.807) is 12.1 Å². The third-order valence-electron chi connectivity index (χ3n) is 5.26. The molecule has 7 heteroatoms. The van der Waals surface area contributed by atoms with Gasteiger partial charge in [-0.25, -0.2) is 0 Å². The van der Waals surface area contributed by atoms with Gasteiger partial charge in [0.2, 0.25) is 5.78 Å². The molecule has 0 radical (unpaired) electrons. The molecule has 0 aliphatic carbocycles. The largest absolute Gasteiger partial charge is 0.489 e. The predicted molar refractivity (Wildman–Crippen MR) is 124 cm³/mol. The molecule has 0 atom stereocenters. The molecule has 0 saturated carbocycles. The Bertz CT molecular complexity index is 1250. The molecule has 0 spiro atoms. The molecule has 0 N–H and O–H groups in total. The molecule has 2 heterocycles. The lowest BCUT2D eigenvalue weighted by Gasteiger charge is -2.21. The van der Waals surface area contributed by atoms with Gasteiger partial charge in [-0.1, -0.05) is 39.7 Å². The van der Waals surface area contributed by atoms with Gasteiger partial charge in [0.05, 0.1) is 12.2 Å². The monoisotopic (exact) mass is 512 g/mol. The maximum Gasteiger partial charge on any atom is 0.232 e. The zero-order chi connectivity index (χ0) is 22.2. The summed E-state index contributed by atoms with van der Waals surface area (Å²) in [5.41, 5.74) is 3.96. The molecule has 162 valence electrons. The lowest BCUT2D eigenvalue weighted by molar-refractivity contribution is -0.0175. The van der Waals surface area contributed by atoms with E-state index < -0.39 is 0 Å². The minimum Gasteiger partial charge on any atom is -0.489 e. The Morgan fingerprint density at radius 3 is 2.78 bits per heavy atom. The van der Waals surface area contributed by atoms with Crippen LogP contribution in [-0.2, 0) is 18.0 Å². The van der Waals surface area contributed by atoms with E-state index in [1.165, 1.54) is 0 Å². The van der Waals surface area contributed by atoms with Crippen molar-refractivity contribution in [3.8, 4) is 17.2 Å². The van der Waals surface area contributed by atoms with E-state index in [9.17, 15) is 4.79 Å². The first kappa shape index (κ1) is 21.1. The number of rotatable bonds is 4. The van der Waals surface area contributed by atoms with Crippen LogP contribution in [0.15, 0.2) is 58.8 Å². The Kier molecular flexibility index (Phi) is 5.67. The molecule has 2 aliphatic rings. The van der Waals surface area contributed by atoms with Gasteiger partial charge in [-0.15, -0.1) is 0 Å². The fourth-order valence-corrected chi connectivity index (χ4v) is 4.32. The smallest absolute Gasteiger partial charge is 0.232 e. The van der Waals surface area contributed by atoms with Crippen molar-refractivity contribution in [3.05, 3.63) is 91.6 Å². The first-order valence-corrected chi connectivity index (χ1v) is 11.1. The van der Waals surface area contributed by atoms with Crippen LogP contribution in [0.5, 0.6) is 17.2 Å². The van der Waals surface area contributed by atoms with Crippen molar-refractivity contribution in [3.63, 3.8) is 0 Å². The van der Waals surface area contributed by atoms with Gasteiger partial charge < -0.3 is 18.9 Å². The molecule has 0 bridgehead atoms. The van der Waals surface area contributed by atoms with Crippen molar-refractivity contribution in [1.82, 2.24) is 0 Å². The number of Topliss-reactive ketones (excluding diaryl/α,β-unsaturated/α-hetero) is 1. The topological polar surface area (TPSA) is 54.0 Å². The van der Waals surface area contributed by atoms with Gasteiger partial charge in [0.25, 0.3) is 0 Å². The molecular formula is C25H18BrClO5. The van der Waals surface area contributed by atoms with Crippen molar-refractivity contribution < 1.29 is 23.7 Å². The first-order valence-electron chi connectivity index (χ1n) is 9.97. The number of ketones is 1. The number of carbonyl (C=O) groups excluding carboxylic acids is 1. The summed E-state index contributed by atoms with van der Waals surface area (Å²) in [6, 6.07) is 14.9. The highest BCUT2D eigenvalue weighted by molar-refractivity contribution is 9.10. The van der Waals surface area contributed by atoms with E-state index in [2.05, 4.69) is 15.9 Å². The molecule has 32 heavy (non-hydrogen) atoms. The molecule has 0 fully saturated rings. The molecule has 0 amide bonds. The van der Waals surface area contributed by atoms with E-state index in [-0.39, 0.29) is 19.2 Å². The van der Waals surface area contributed by atoms with Crippen LogP contribution in [0.1, 0.15) is 32.6 Å². The number of hydrogen-bond donors (Lipinski definition) is 0. The molecule has 3 aromatic rings. The maximum atomic E-state index is 12.9. The van der Waals surface area contributed by atoms with E-state index in [4.69, 9.17) is 30.5 Å². The summed E-state index contributed by atoms with van der Waals surface area (Å²) in [7, 11) is 0. The van der Waals surface area contributed by atoms with Gasteiger partial charge in [-0.3, -0.25) is 4.79 Å². The van der Waals surface area contributed by atoms with Gasteiger partial charge in [-0.2, -0.15) is 0 Å². The van der Waals surface area contributed by atoms with Crippen molar-refractivity contribution in [2.45, 2.75) is 20.1 Å². The molecule has 0 aromatic heterocycles. The lowest BCUT2D eigenvalue weighted by atomic mass is 10.0. The molecule has 0 saturated heterocycles. The highest BCUT2D eigenvalue weighted by Crippen LogP contribution is 2.38. The van der Waals surface area contributed by atoms with E-state index in [1.807, 2.05) is 49.4 Å². The van der Waals surface area contributed by atoms with Crippen LogP contribution in [0.4, 0.5) is 0 Å². The Morgan fingerprint density at radius 2 is 1.97 bits per heavy atom. The second kappa shape index (κ2) is 8.62. The minimum atomic E-state index is -0.135. The molecule has 5 nitrogen and oxygen atoms in total. The highest BCUT2D eigenvalue weighted by atomic mass is 79.9.